The maximum atomic E-state index is 12.3. The van der Waals surface area contributed by atoms with Gasteiger partial charge in [0.05, 0.1) is 0 Å². The van der Waals surface area contributed by atoms with Gasteiger partial charge in [-0.3, -0.25) is 9.69 Å². The molecule has 3 fully saturated rings. The fraction of sp³-hybridized carbons (Fsp3) is 0.938. The van der Waals surface area contributed by atoms with E-state index in [4.69, 9.17) is 0 Å². The van der Waals surface area contributed by atoms with Crippen LogP contribution in [0.5, 0.6) is 0 Å². The molecule has 6 heteroatoms. The highest BCUT2D eigenvalue weighted by atomic mass is 35.5. The van der Waals surface area contributed by atoms with Crippen LogP contribution in [0, 0.1) is 5.92 Å². The number of hydrogen-bond donors (Lipinski definition) is 1. The lowest BCUT2D eigenvalue weighted by atomic mass is 9.91. The van der Waals surface area contributed by atoms with Crippen LogP contribution in [0.4, 0.5) is 0 Å². The number of piperidine rings is 1. The first-order valence-corrected chi connectivity index (χ1v) is 8.55. The van der Waals surface area contributed by atoms with Crippen LogP contribution in [0.15, 0.2) is 0 Å². The van der Waals surface area contributed by atoms with E-state index in [1.54, 1.807) is 0 Å². The number of nitrogens with one attached hydrogen (secondary N) is 1. The van der Waals surface area contributed by atoms with Crippen LogP contribution in [0.2, 0.25) is 0 Å². The monoisotopic (exact) mass is 351 g/mol. The number of piperazine rings is 1. The largest absolute Gasteiger partial charge is 0.340 e. The van der Waals surface area contributed by atoms with Gasteiger partial charge in [-0.15, -0.1) is 24.8 Å². The second-order valence-corrected chi connectivity index (χ2v) is 6.73. The van der Waals surface area contributed by atoms with Crippen molar-refractivity contribution in [1.29, 1.82) is 0 Å². The van der Waals surface area contributed by atoms with Crippen molar-refractivity contribution < 1.29 is 4.79 Å². The number of carbonyl (C=O) groups is 1. The van der Waals surface area contributed by atoms with Crippen molar-refractivity contribution in [3.63, 3.8) is 0 Å². The highest BCUT2D eigenvalue weighted by molar-refractivity contribution is 5.85. The first-order chi connectivity index (χ1) is 9.83. The van der Waals surface area contributed by atoms with Crippen molar-refractivity contribution in [2.75, 3.05) is 39.3 Å². The first-order valence-electron chi connectivity index (χ1n) is 8.55. The molecule has 2 saturated heterocycles. The minimum Gasteiger partial charge on any atom is -0.340 e. The van der Waals surface area contributed by atoms with Gasteiger partial charge in [-0.2, -0.15) is 0 Å². The molecule has 0 radical (unpaired) electrons. The van der Waals surface area contributed by atoms with Gasteiger partial charge in [-0.1, -0.05) is 6.42 Å². The third-order valence-corrected chi connectivity index (χ3v) is 5.48. The second-order valence-electron chi connectivity index (χ2n) is 6.73. The molecular formula is C16H31Cl2N3O. The van der Waals surface area contributed by atoms with E-state index in [9.17, 15) is 4.79 Å². The number of amides is 1. The summed E-state index contributed by atoms with van der Waals surface area (Å²) >= 11 is 0. The van der Waals surface area contributed by atoms with Crippen LogP contribution in [-0.4, -0.2) is 61.0 Å². The fourth-order valence-electron chi connectivity index (χ4n) is 3.74. The molecule has 2 aliphatic heterocycles. The maximum absolute atomic E-state index is 12.3. The molecule has 0 bridgehead atoms. The van der Waals surface area contributed by atoms with E-state index in [0.29, 0.717) is 5.91 Å². The van der Waals surface area contributed by atoms with Crippen molar-refractivity contribution in [1.82, 2.24) is 15.1 Å². The molecule has 1 aliphatic carbocycles. The van der Waals surface area contributed by atoms with E-state index in [1.807, 2.05) is 0 Å². The zero-order valence-corrected chi connectivity index (χ0v) is 15.1. The summed E-state index contributed by atoms with van der Waals surface area (Å²) in [5.74, 6) is 1.17. The van der Waals surface area contributed by atoms with Crippen molar-refractivity contribution in [3.8, 4) is 0 Å². The maximum Gasteiger partial charge on any atom is 0.222 e. The number of carbonyl (C=O) groups excluding carboxylic acids is 1. The van der Waals surface area contributed by atoms with E-state index in [0.717, 1.165) is 64.1 Å². The molecule has 4 nitrogen and oxygen atoms in total. The van der Waals surface area contributed by atoms with E-state index >= 15 is 0 Å². The Morgan fingerprint density at radius 1 is 0.955 bits per heavy atom. The van der Waals surface area contributed by atoms with Crippen LogP contribution < -0.4 is 5.32 Å². The predicted octanol–water partition coefficient (Wildman–Crippen LogP) is 2.31. The van der Waals surface area contributed by atoms with Crippen LogP contribution in [0.3, 0.4) is 0 Å². The van der Waals surface area contributed by atoms with E-state index in [-0.39, 0.29) is 24.8 Å². The van der Waals surface area contributed by atoms with Gasteiger partial charge in [0.15, 0.2) is 0 Å². The van der Waals surface area contributed by atoms with Crippen LogP contribution >= 0.6 is 24.8 Å². The highest BCUT2D eigenvalue weighted by Crippen LogP contribution is 2.26. The predicted molar refractivity (Wildman–Crippen MR) is 95.1 cm³/mol. The summed E-state index contributed by atoms with van der Waals surface area (Å²) < 4.78 is 0. The minimum absolute atomic E-state index is 0. The van der Waals surface area contributed by atoms with Crippen molar-refractivity contribution >= 4 is 30.7 Å². The Bertz CT molecular complexity index is 325. The molecule has 1 amide bonds. The molecule has 1 N–H and O–H groups in total. The van der Waals surface area contributed by atoms with Crippen LogP contribution in [0.25, 0.3) is 0 Å². The Balaban J connectivity index is 0.00000121. The van der Waals surface area contributed by atoms with E-state index < -0.39 is 0 Å². The van der Waals surface area contributed by atoms with Crippen molar-refractivity contribution in [3.05, 3.63) is 0 Å². The molecule has 0 atom stereocenters. The van der Waals surface area contributed by atoms with Gasteiger partial charge in [0, 0.05) is 38.6 Å². The second kappa shape index (κ2) is 9.96. The Kier molecular flexibility index (Phi) is 9.07. The molecule has 3 aliphatic rings. The molecule has 3 rings (SSSR count). The smallest absolute Gasteiger partial charge is 0.222 e. The number of halogens is 2. The van der Waals surface area contributed by atoms with Gasteiger partial charge in [0.25, 0.3) is 0 Å². The molecule has 0 spiro atoms. The Morgan fingerprint density at radius 3 is 2.14 bits per heavy atom. The molecule has 1 saturated carbocycles. The van der Waals surface area contributed by atoms with Gasteiger partial charge in [-0.25, -0.2) is 0 Å². The Morgan fingerprint density at radius 2 is 1.59 bits per heavy atom. The Labute approximate surface area is 147 Å². The molecule has 0 aromatic heterocycles. The normalized spacial score (nSPS) is 24.1. The van der Waals surface area contributed by atoms with Gasteiger partial charge in [-0.05, 0) is 51.1 Å². The van der Waals surface area contributed by atoms with Crippen molar-refractivity contribution in [2.45, 2.75) is 51.0 Å². The summed E-state index contributed by atoms with van der Waals surface area (Å²) in [5, 5.41) is 3.39. The van der Waals surface area contributed by atoms with E-state index in [2.05, 4.69) is 15.1 Å². The zero-order valence-electron chi connectivity index (χ0n) is 13.5. The quantitative estimate of drug-likeness (QED) is 0.843. The first kappa shape index (κ1) is 20.0. The Hall–Kier alpha value is -0.0300. The van der Waals surface area contributed by atoms with Gasteiger partial charge >= 0.3 is 0 Å². The lowest BCUT2D eigenvalue weighted by Crippen LogP contribution is -2.53. The van der Waals surface area contributed by atoms with Crippen molar-refractivity contribution in [2.24, 2.45) is 5.92 Å². The fourth-order valence-corrected chi connectivity index (χ4v) is 3.74. The number of nitrogens with zero attached hydrogens (tertiary/aromatic N) is 2. The van der Waals surface area contributed by atoms with Gasteiger partial charge in [0.1, 0.15) is 0 Å². The van der Waals surface area contributed by atoms with Gasteiger partial charge in [0.2, 0.25) is 5.91 Å². The lowest BCUT2D eigenvalue weighted by molar-refractivity contribution is -0.133. The molecule has 0 aromatic rings. The lowest BCUT2D eigenvalue weighted by Gasteiger charge is -2.43. The summed E-state index contributed by atoms with van der Waals surface area (Å²) in [6.45, 7) is 6.40. The topological polar surface area (TPSA) is 35.6 Å². The standard InChI is InChI=1S/C16H29N3O.2ClH/c20-16(5-4-14-6-8-17-9-7-14)19-12-10-18(11-13-19)15-2-1-3-15;;/h14-15,17H,1-13H2;2*1H. The summed E-state index contributed by atoms with van der Waals surface area (Å²) in [6.07, 6.45) is 8.54. The summed E-state index contributed by atoms with van der Waals surface area (Å²) in [5.41, 5.74) is 0. The zero-order chi connectivity index (χ0) is 13.8. The molecule has 0 aromatic carbocycles. The van der Waals surface area contributed by atoms with E-state index in [1.165, 1.54) is 32.1 Å². The summed E-state index contributed by atoms with van der Waals surface area (Å²) in [4.78, 5) is 17.0. The number of hydrogen-bond acceptors (Lipinski definition) is 3. The van der Waals surface area contributed by atoms with Gasteiger partial charge < -0.3 is 10.2 Å². The highest BCUT2D eigenvalue weighted by Gasteiger charge is 2.29. The third-order valence-electron chi connectivity index (χ3n) is 5.48. The molecule has 130 valence electrons. The molecule has 0 unspecified atom stereocenters. The van der Waals surface area contributed by atoms with Crippen LogP contribution in [0.1, 0.15) is 44.9 Å². The number of rotatable bonds is 4. The molecule has 22 heavy (non-hydrogen) atoms. The summed E-state index contributed by atoms with van der Waals surface area (Å²) in [7, 11) is 0. The molecule has 2 heterocycles. The third kappa shape index (κ3) is 5.26. The summed E-state index contributed by atoms with van der Waals surface area (Å²) in [6, 6.07) is 0.835. The SMILES string of the molecule is Cl.Cl.O=C(CCC1CCNCC1)N1CCN(C2CCC2)CC1. The molecular weight excluding hydrogens is 321 g/mol. The minimum atomic E-state index is 0. The average molecular weight is 352 g/mol. The van der Waals surface area contributed by atoms with Crippen LogP contribution in [-0.2, 0) is 4.79 Å². The average Bonchev–Trinajstić information content (AvgIpc) is 2.45.